The molecule has 2 rings (SSSR count). The fourth-order valence-corrected chi connectivity index (χ4v) is 2.02. The van der Waals surface area contributed by atoms with E-state index in [4.69, 9.17) is 0 Å². The summed E-state index contributed by atoms with van der Waals surface area (Å²) in [5.74, 6) is 0. The van der Waals surface area contributed by atoms with Crippen LogP contribution in [0.1, 0.15) is 19.4 Å². The maximum Gasteiger partial charge on any atom is -0.0184 e. The largest absolute Gasteiger partial charge is 0.0984 e. The second kappa shape index (κ2) is 6.72. The van der Waals surface area contributed by atoms with Crippen molar-refractivity contribution < 1.29 is 0 Å². The average Bonchev–Trinajstić information content (AvgIpc) is 2.49. The molecule has 0 aliphatic carbocycles. The first-order valence-corrected chi connectivity index (χ1v) is 6.84. The lowest BCUT2D eigenvalue weighted by Gasteiger charge is -2.05. The van der Waals surface area contributed by atoms with Crippen LogP contribution in [0.15, 0.2) is 85.0 Å². The first kappa shape index (κ1) is 14.1. The Morgan fingerprint density at radius 2 is 1.40 bits per heavy atom. The maximum absolute atomic E-state index is 3.90. The van der Waals surface area contributed by atoms with Crippen molar-refractivity contribution in [1.82, 2.24) is 0 Å². The van der Waals surface area contributed by atoms with E-state index in [-0.39, 0.29) is 0 Å². The van der Waals surface area contributed by atoms with Gasteiger partial charge < -0.3 is 0 Å². The highest BCUT2D eigenvalue weighted by molar-refractivity contribution is 5.76. The summed E-state index contributed by atoms with van der Waals surface area (Å²) in [6.45, 7) is 8.08. The van der Waals surface area contributed by atoms with E-state index < -0.39 is 0 Å². The first-order valence-electron chi connectivity index (χ1n) is 6.84. The Kier molecular flexibility index (Phi) is 4.73. The predicted octanol–water partition coefficient (Wildman–Crippen LogP) is 5.89. The molecule has 20 heavy (non-hydrogen) atoms. The third-order valence-corrected chi connectivity index (χ3v) is 3.14. The van der Waals surface area contributed by atoms with Crippen LogP contribution < -0.4 is 0 Å². The van der Waals surface area contributed by atoms with Crippen LogP contribution in [0.3, 0.4) is 0 Å². The lowest BCUT2D eigenvalue weighted by molar-refractivity contribution is 1.39. The fraction of sp³-hybridized carbons (Fsp3) is 0.100. The molecule has 0 saturated heterocycles. The predicted molar refractivity (Wildman–Crippen MR) is 89.5 cm³/mol. The minimum Gasteiger partial charge on any atom is -0.0984 e. The summed E-state index contributed by atoms with van der Waals surface area (Å²) in [6, 6.07) is 19.0. The summed E-state index contributed by atoms with van der Waals surface area (Å²) in [7, 11) is 0. The number of hydrogen-bond donors (Lipinski definition) is 0. The topological polar surface area (TPSA) is 0 Å². The Bertz CT molecular complexity index is 621. The summed E-state index contributed by atoms with van der Waals surface area (Å²) in [5, 5.41) is 0. The van der Waals surface area contributed by atoms with Gasteiger partial charge in [-0.3, -0.25) is 0 Å². The Hall–Kier alpha value is -2.34. The van der Waals surface area contributed by atoms with Crippen molar-refractivity contribution in [2.24, 2.45) is 0 Å². The molecule has 0 fully saturated rings. The number of benzene rings is 2. The standard InChI is InChI=1S/C20H20/c1-4-17(11-10-16(2)3)19-12-14-20(15-13-19)18-8-6-5-7-9-18/h4-15H,1H2,2-3H3/b17-11+. The molecule has 0 nitrogen and oxygen atoms in total. The van der Waals surface area contributed by atoms with Gasteiger partial charge in [0, 0.05) is 0 Å². The van der Waals surface area contributed by atoms with Crippen molar-refractivity contribution in [1.29, 1.82) is 0 Å². The molecule has 0 heterocycles. The molecular formula is C20H20. The van der Waals surface area contributed by atoms with Crippen molar-refractivity contribution in [3.8, 4) is 11.1 Å². The van der Waals surface area contributed by atoms with Crippen LogP contribution in [0.25, 0.3) is 16.7 Å². The molecule has 0 atom stereocenters. The lowest BCUT2D eigenvalue weighted by Crippen LogP contribution is -1.82. The monoisotopic (exact) mass is 260 g/mol. The van der Waals surface area contributed by atoms with Crippen molar-refractivity contribution >= 4 is 5.57 Å². The van der Waals surface area contributed by atoms with E-state index in [2.05, 4.69) is 81.1 Å². The molecule has 0 spiro atoms. The van der Waals surface area contributed by atoms with Gasteiger partial charge in [0.2, 0.25) is 0 Å². The zero-order valence-electron chi connectivity index (χ0n) is 12.1. The van der Waals surface area contributed by atoms with Gasteiger partial charge in [-0.15, -0.1) is 0 Å². The van der Waals surface area contributed by atoms with Crippen LogP contribution in [0, 0.1) is 0 Å². The molecule has 0 unspecified atom stereocenters. The molecule has 0 amide bonds. The highest BCUT2D eigenvalue weighted by atomic mass is 14.0. The van der Waals surface area contributed by atoms with Crippen LogP contribution in [0.5, 0.6) is 0 Å². The molecule has 0 aliphatic heterocycles. The molecular weight excluding hydrogens is 240 g/mol. The molecule has 0 aromatic heterocycles. The lowest BCUT2D eigenvalue weighted by atomic mass is 10.00. The molecule has 0 bridgehead atoms. The normalized spacial score (nSPS) is 11.0. The highest BCUT2D eigenvalue weighted by Crippen LogP contribution is 2.23. The summed E-state index contributed by atoms with van der Waals surface area (Å²) in [5.41, 5.74) is 6.10. The highest BCUT2D eigenvalue weighted by Gasteiger charge is 1.99. The van der Waals surface area contributed by atoms with Gasteiger partial charge in [0.15, 0.2) is 0 Å². The molecule has 0 heteroatoms. The molecule has 2 aromatic rings. The average molecular weight is 260 g/mol. The van der Waals surface area contributed by atoms with Crippen LogP contribution in [0.2, 0.25) is 0 Å². The molecule has 0 radical (unpaired) electrons. The Morgan fingerprint density at radius 1 is 0.800 bits per heavy atom. The van der Waals surface area contributed by atoms with Crippen molar-refractivity contribution in [3.05, 3.63) is 90.5 Å². The number of hydrogen-bond acceptors (Lipinski definition) is 0. The zero-order chi connectivity index (χ0) is 14.4. The van der Waals surface area contributed by atoms with Gasteiger partial charge in [-0.05, 0) is 36.1 Å². The minimum atomic E-state index is 1.14. The van der Waals surface area contributed by atoms with Crippen LogP contribution in [-0.4, -0.2) is 0 Å². The Balaban J connectivity index is 2.30. The third kappa shape index (κ3) is 3.58. The first-order chi connectivity index (χ1) is 9.70. The van der Waals surface area contributed by atoms with E-state index in [1.54, 1.807) is 0 Å². The summed E-state index contributed by atoms with van der Waals surface area (Å²) in [4.78, 5) is 0. The quantitative estimate of drug-likeness (QED) is 0.601. The van der Waals surface area contributed by atoms with Gasteiger partial charge in [-0.1, -0.05) is 85.0 Å². The second-order valence-corrected chi connectivity index (χ2v) is 5.01. The van der Waals surface area contributed by atoms with Gasteiger partial charge in [0.05, 0.1) is 0 Å². The molecule has 0 N–H and O–H groups in total. The second-order valence-electron chi connectivity index (χ2n) is 5.01. The molecule has 0 saturated carbocycles. The van der Waals surface area contributed by atoms with E-state index in [9.17, 15) is 0 Å². The summed E-state index contributed by atoms with van der Waals surface area (Å²) >= 11 is 0. The SMILES string of the molecule is C=C/C(=C\C=C(C)C)c1ccc(-c2ccccc2)cc1. The van der Waals surface area contributed by atoms with Gasteiger partial charge in [-0.2, -0.15) is 0 Å². The molecule has 100 valence electrons. The van der Waals surface area contributed by atoms with Crippen molar-refractivity contribution in [2.75, 3.05) is 0 Å². The Morgan fingerprint density at radius 3 is 1.95 bits per heavy atom. The maximum atomic E-state index is 3.90. The van der Waals surface area contributed by atoms with E-state index in [0.717, 1.165) is 5.57 Å². The Labute approximate surface area is 121 Å². The smallest absolute Gasteiger partial charge is 0.0184 e. The van der Waals surface area contributed by atoms with E-state index in [0.29, 0.717) is 0 Å². The van der Waals surface area contributed by atoms with Crippen molar-refractivity contribution in [2.45, 2.75) is 13.8 Å². The van der Waals surface area contributed by atoms with Crippen LogP contribution in [0.4, 0.5) is 0 Å². The summed E-state index contributed by atoms with van der Waals surface area (Å²) in [6.07, 6.45) is 6.12. The van der Waals surface area contributed by atoms with E-state index >= 15 is 0 Å². The van der Waals surface area contributed by atoms with Gasteiger partial charge >= 0.3 is 0 Å². The van der Waals surface area contributed by atoms with Gasteiger partial charge in [0.1, 0.15) is 0 Å². The summed E-state index contributed by atoms with van der Waals surface area (Å²) < 4.78 is 0. The third-order valence-electron chi connectivity index (χ3n) is 3.14. The minimum absolute atomic E-state index is 1.14. The van der Waals surface area contributed by atoms with Gasteiger partial charge in [-0.25, -0.2) is 0 Å². The van der Waals surface area contributed by atoms with Crippen LogP contribution >= 0.6 is 0 Å². The fourth-order valence-electron chi connectivity index (χ4n) is 2.02. The van der Waals surface area contributed by atoms with Crippen LogP contribution in [-0.2, 0) is 0 Å². The van der Waals surface area contributed by atoms with Crippen molar-refractivity contribution in [3.63, 3.8) is 0 Å². The molecule has 2 aromatic carbocycles. The number of allylic oxidation sites excluding steroid dienone is 5. The molecule has 0 aliphatic rings. The van der Waals surface area contributed by atoms with E-state index in [1.807, 2.05) is 12.1 Å². The van der Waals surface area contributed by atoms with Gasteiger partial charge in [0.25, 0.3) is 0 Å². The zero-order valence-corrected chi connectivity index (χ0v) is 12.1. The number of rotatable bonds is 4. The van der Waals surface area contributed by atoms with E-state index in [1.165, 1.54) is 22.3 Å².